The van der Waals surface area contributed by atoms with Gasteiger partial charge in [0, 0.05) is 28.5 Å². The minimum atomic E-state index is 0.704. The normalized spacial score (nSPS) is 16.2. The number of benzene rings is 2. The molecule has 4 rings (SSSR count). The van der Waals surface area contributed by atoms with Gasteiger partial charge in [0.25, 0.3) is 0 Å². The monoisotopic (exact) mass is 337 g/mol. The molecule has 0 radical (unpaired) electrons. The van der Waals surface area contributed by atoms with Gasteiger partial charge < -0.3 is 10.2 Å². The SMILES string of the molecule is C=C1NC(CN2CCCc3ccc(C)cc32)=Nc2ccc(Cl)cc21. The molecule has 2 aliphatic rings. The summed E-state index contributed by atoms with van der Waals surface area (Å²) in [5.41, 5.74) is 6.82. The molecule has 0 bridgehead atoms. The molecule has 0 atom stereocenters. The highest BCUT2D eigenvalue weighted by Crippen LogP contribution is 2.32. The molecular formula is C20H20ClN3. The van der Waals surface area contributed by atoms with Crippen molar-refractivity contribution < 1.29 is 0 Å². The first kappa shape index (κ1) is 15.3. The van der Waals surface area contributed by atoms with E-state index in [1.54, 1.807) is 0 Å². The molecule has 2 aliphatic heterocycles. The van der Waals surface area contributed by atoms with Crippen LogP contribution < -0.4 is 10.2 Å². The number of aliphatic imine (C=N–C) groups is 1. The predicted octanol–water partition coefficient (Wildman–Crippen LogP) is 4.71. The fourth-order valence-corrected chi connectivity index (χ4v) is 3.61. The number of halogens is 1. The average Bonchev–Trinajstić information content (AvgIpc) is 2.56. The molecule has 2 aromatic carbocycles. The van der Waals surface area contributed by atoms with Gasteiger partial charge >= 0.3 is 0 Å². The molecule has 3 nitrogen and oxygen atoms in total. The molecule has 24 heavy (non-hydrogen) atoms. The summed E-state index contributed by atoms with van der Waals surface area (Å²) in [6.45, 7) is 8.09. The fraction of sp³-hybridized carbons (Fsp3) is 0.250. The van der Waals surface area contributed by atoms with Crippen LogP contribution in [0.1, 0.15) is 23.1 Å². The minimum Gasteiger partial charge on any atom is -0.364 e. The number of fused-ring (bicyclic) bond motifs is 2. The van der Waals surface area contributed by atoms with Crippen molar-refractivity contribution in [3.63, 3.8) is 0 Å². The molecule has 0 fully saturated rings. The van der Waals surface area contributed by atoms with Gasteiger partial charge in [-0.05, 0) is 55.2 Å². The number of anilines is 1. The molecule has 2 aromatic rings. The summed E-state index contributed by atoms with van der Waals surface area (Å²) < 4.78 is 0. The first-order valence-corrected chi connectivity index (χ1v) is 8.66. The second-order valence-electron chi connectivity index (χ2n) is 6.48. The molecule has 0 aromatic heterocycles. The maximum atomic E-state index is 6.08. The molecule has 0 saturated heterocycles. The highest BCUT2D eigenvalue weighted by molar-refractivity contribution is 6.31. The third-order valence-electron chi connectivity index (χ3n) is 4.63. The summed E-state index contributed by atoms with van der Waals surface area (Å²) in [5.74, 6) is 0.934. The third kappa shape index (κ3) is 2.80. The second-order valence-corrected chi connectivity index (χ2v) is 6.92. The summed E-state index contributed by atoms with van der Waals surface area (Å²) in [7, 11) is 0. The maximum Gasteiger partial charge on any atom is 0.126 e. The Labute approximate surface area is 147 Å². The molecule has 0 aliphatic carbocycles. The van der Waals surface area contributed by atoms with E-state index >= 15 is 0 Å². The Balaban J connectivity index is 1.64. The Morgan fingerprint density at radius 2 is 2.12 bits per heavy atom. The Morgan fingerprint density at radius 1 is 1.25 bits per heavy atom. The summed E-state index contributed by atoms with van der Waals surface area (Å²) in [6.07, 6.45) is 2.33. The van der Waals surface area contributed by atoms with Crippen molar-refractivity contribution in [3.8, 4) is 0 Å². The van der Waals surface area contributed by atoms with E-state index < -0.39 is 0 Å². The van der Waals surface area contributed by atoms with E-state index in [2.05, 4.69) is 41.9 Å². The zero-order chi connectivity index (χ0) is 16.7. The number of aryl methyl sites for hydroxylation is 2. The van der Waals surface area contributed by atoms with Crippen molar-refractivity contribution in [1.29, 1.82) is 0 Å². The minimum absolute atomic E-state index is 0.704. The predicted molar refractivity (Wildman–Crippen MR) is 102 cm³/mol. The van der Waals surface area contributed by atoms with Gasteiger partial charge in [-0.25, -0.2) is 4.99 Å². The van der Waals surface area contributed by atoms with Crippen LogP contribution in [0.4, 0.5) is 11.4 Å². The molecule has 2 heterocycles. The van der Waals surface area contributed by atoms with E-state index in [0.29, 0.717) is 5.02 Å². The van der Waals surface area contributed by atoms with E-state index in [0.717, 1.165) is 42.3 Å². The first-order valence-electron chi connectivity index (χ1n) is 8.28. The molecule has 1 N–H and O–H groups in total. The smallest absolute Gasteiger partial charge is 0.126 e. The lowest BCUT2D eigenvalue weighted by atomic mass is 9.99. The van der Waals surface area contributed by atoms with Gasteiger partial charge in [-0.1, -0.05) is 30.3 Å². The average molecular weight is 338 g/mol. The van der Waals surface area contributed by atoms with Crippen LogP contribution in [-0.2, 0) is 6.42 Å². The van der Waals surface area contributed by atoms with Crippen LogP contribution in [0.15, 0.2) is 48.0 Å². The van der Waals surface area contributed by atoms with Gasteiger partial charge in [0.05, 0.1) is 12.2 Å². The summed E-state index contributed by atoms with van der Waals surface area (Å²) in [4.78, 5) is 7.18. The van der Waals surface area contributed by atoms with Gasteiger partial charge in [0.15, 0.2) is 0 Å². The van der Waals surface area contributed by atoms with Gasteiger partial charge in [-0.15, -0.1) is 0 Å². The van der Waals surface area contributed by atoms with Crippen LogP contribution in [0.5, 0.6) is 0 Å². The Kier molecular flexibility index (Phi) is 3.81. The van der Waals surface area contributed by atoms with Gasteiger partial charge in [0.2, 0.25) is 0 Å². The van der Waals surface area contributed by atoms with Crippen LogP contribution >= 0.6 is 11.6 Å². The molecular weight excluding hydrogens is 318 g/mol. The van der Waals surface area contributed by atoms with Crippen LogP contribution in [0, 0.1) is 6.92 Å². The van der Waals surface area contributed by atoms with Crippen LogP contribution in [0.25, 0.3) is 5.70 Å². The van der Waals surface area contributed by atoms with E-state index in [1.165, 1.54) is 23.2 Å². The Hall–Kier alpha value is -2.26. The molecule has 0 spiro atoms. The first-order chi connectivity index (χ1) is 11.6. The summed E-state index contributed by atoms with van der Waals surface area (Å²) in [6, 6.07) is 12.5. The van der Waals surface area contributed by atoms with E-state index in [9.17, 15) is 0 Å². The lowest BCUT2D eigenvalue weighted by molar-refractivity contribution is 0.725. The quantitative estimate of drug-likeness (QED) is 0.859. The number of rotatable bonds is 2. The highest BCUT2D eigenvalue weighted by atomic mass is 35.5. The van der Waals surface area contributed by atoms with Crippen molar-refractivity contribution in [3.05, 3.63) is 64.7 Å². The van der Waals surface area contributed by atoms with Crippen LogP contribution in [-0.4, -0.2) is 18.9 Å². The molecule has 0 saturated carbocycles. The number of nitrogens with one attached hydrogen (secondary N) is 1. The molecule has 0 unspecified atom stereocenters. The summed E-state index contributed by atoms with van der Waals surface area (Å²) in [5, 5.41) is 4.05. The number of amidine groups is 1. The Morgan fingerprint density at radius 3 is 3.00 bits per heavy atom. The van der Waals surface area contributed by atoms with Gasteiger partial charge in [0.1, 0.15) is 5.84 Å². The van der Waals surface area contributed by atoms with Gasteiger partial charge in [-0.3, -0.25) is 0 Å². The van der Waals surface area contributed by atoms with E-state index in [1.807, 2.05) is 18.2 Å². The van der Waals surface area contributed by atoms with Crippen molar-refractivity contribution in [2.75, 3.05) is 18.0 Å². The number of hydrogen-bond donors (Lipinski definition) is 1. The lowest BCUT2D eigenvalue weighted by Crippen LogP contribution is -2.40. The Bertz CT molecular complexity index is 854. The fourth-order valence-electron chi connectivity index (χ4n) is 3.44. The van der Waals surface area contributed by atoms with Crippen LogP contribution in [0.2, 0.25) is 5.02 Å². The topological polar surface area (TPSA) is 27.6 Å². The molecule has 0 amide bonds. The van der Waals surface area contributed by atoms with E-state index in [4.69, 9.17) is 16.6 Å². The summed E-state index contributed by atoms with van der Waals surface area (Å²) >= 11 is 6.08. The lowest BCUT2D eigenvalue weighted by Gasteiger charge is -2.33. The number of hydrogen-bond acceptors (Lipinski definition) is 3. The van der Waals surface area contributed by atoms with Gasteiger partial charge in [-0.2, -0.15) is 0 Å². The highest BCUT2D eigenvalue weighted by Gasteiger charge is 2.21. The van der Waals surface area contributed by atoms with Crippen molar-refractivity contribution in [2.45, 2.75) is 19.8 Å². The zero-order valence-electron chi connectivity index (χ0n) is 13.8. The van der Waals surface area contributed by atoms with Crippen LogP contribution in [0.3, 0.4) is 0 Å². The second kappa shape index (κ2) is 5.99. The maximum absolute atomic E-state index is 6.08. The van der Waals surface area contributed by atoms with E-state index in [-0.39, 0.29) is 0 Å². The van der Waals surface area contributed by atoms with Crippen molar-refractivity contribution in [1.82, 2.24) is 5.32 Å². The third-order valence-corrected chi connectivity index (χ3v) is 4.87. The zero-order valence-corrected chi connectivity index (χ0v) is 14.5. The standard InChI is InChI=1S/C20H20ClN3/c1-13-5-6-15-4-3-9-24(19(15)10-13)12-20-22-14(2)17-11-16(21)7-8-18(17)23-20/h5-8,10-11H,2-4,9,12H2,1H3,(H,22,23). The molecule has 4 heteroatoms. The molecule has 122 valence electrons. The number of nitrogens with zero attached hydrogens (tertiary/aromatic N) is 2. The van der Waals surface area contributed by atoms with Crippen molar-refractivity contribution >= 4 is 34.5 Å². The van der Waals surface area contributed by atoms with Crippen molar-refractivity contribution in [2.24, 2.45) is 4.99 Å². The largest absolute Gasteiger partial charge is 0.364 e.